The molecule has 0 aromatic heterocycles. The van der Waals surface area contributed by atoms with Crippen LogP contribution >= 0.6 is 0 Å². The minimum Gasteiger partial charge on any atom is -0.494 e. The van der Waals surface area contributed by atoms with Crippen LogP contribution < -0.4 is 19.7 Å². The monoisotopic (exact) mass is 399 g/mol. The van der Waals surface area contributed by atoms with Crippen LogP contribution in [0.2, 0.25) is 0 Å². The Bertz CT molecular complexity index is 946. The Morgan fingerprint density at radius 3 is 2.72 bits per heavy atom. The number of ether oxygens (including phenoxy) is 2. The summed E-state index contributed by atoms with van der Waals surface area (Å²) in [6, 6.07) is 11.1. The molecule has 1 aliphatic rings. The Balaban J connectivity index is 1.77. The summed E-state index contributed by atoms with van der Waals surface area (Å²) in [5.41, 5.74) is 0.797. The average Bonchev–Trinajstić information content (AvgIpc) is 3.10. The second-order valence-corrected chi connectivity index (χ2v) is 6.44. The third kappa shape index (κ3) is 4.29. The van der Waals surface area contributed by atoms with Crippen molar-refractivity contribution in [2.24, 2.45) is 5.92 Å². The van der Waals surface area contributed by atoms with Crippen molar-refractivity contribution in [2.75, 3.05) is 30.5 Å². The van der Waals surface area contributed by atoms with Crippen LogP contribution in [-0.4, -0.2) is 37.0 Å². The molecule has 0 spiro atoms. The Morgan fingerprint density at radius 2 is 2.03 bits per heavy atom. The van der Waals surface area contributed by atoms with Gasteiger partial charge in [-0.1, -0.05) is 12.1 Å². The van der Waals surface area contributed by atoms with Crippen LogP contribution in [0.25, 0.3) is 0 Å². The van der Waals surface area contributed by atoms with Gasteiger partial charge >= 0.3 is 0 Å². The fourth-order valence-corrected chi connectivity index (χ4v) is 3.20. The molecule has 29 heavy (non-hydrogen) atoms. The van der Waals surface area contributed by atoms with E-state index in [4.69, 9.17) is 9.47 Å². The van der Waals surface area contributed by atoms with Crippen molar-refractivity contribution < 1.29 is 24.0 Å². The van der Waals surface area contributed by atoms with Crippen LogP contribution in [-0.2, 0) is 9.59 Å². The summed E-state index contributed by atoms with van der Waals surface area (Å²) in [6.07, 6.45) is 0.0305. The molecule has 1 fully saturated rings. The van der Waals surface area contributed by atoms with Gasteiger partial charge in [0.1, 0.15) is 11.5 Å². The molecule has 1 atom stereocenters. The third-order valence-electron chi connectivity index (χ3n) is 4.61. The molecule has 0 bridgehead atoms. The number of methoxy groups -OCH3 is 1. The molecular formula is C20H21N3O6. The van der Waals surface area contributed by atoms with Crippen molar-refractivity contribution >= 4 is 28.9 Å². The molecule has 0 aliphatic carbocycles. The predicted molar refractivity (Wildman–Crippen MR) is 106 cm³/mol. The average molecular weight is 399 g/mol. The van der Waals surface area contributed by atoms with Crippen LogP contribution in [0.4, 0.5) is 17.1 Å². The molecule has 1 N–H and O–H groups in total. The van der Waals surface area contributed by atoms with Crippen molar-refractivity contribution in [3.63, 3.8) is 0 Å². The lowest BCUT2D eigenvalue weighted by molar-refractivity contribution is -0.384. The normalized spacial score (nSPS) is 15.9. The second kappa shape index (κ2) is 8.59. The molecule has 0 unspecified atom stereocenters. The molecule has 9 heteroatoms. The van der Waals surface area contributed by atoms with Gasteiger partial charge in [0, 0.05) is 19.0 Å². The van der Waals surface area contributed by atoms with E-state index in [1.165, 1.54) is 30.2 Å². The Hall–Kier alpha value is -3.62. The van der Waals surface area contributed by atoms with E-state index in [1.54, 1.807) is 18.2 Å². The fraction of sp³-hybridized carbons (Fsp3) is 0.300. The first kappa shape index (κ1) is 20.1. The number of para-hydroxylation sites is 2. The van der Waals surface area contributed by atoms with Crippen molar-refractivity contribution in [2.45, 2.75) is 13.3 Å². The highest BCUT2D eigenvalue weighted by atomic mass is 16.6. The summed E-state index contributed by atoms with van der Waals surface area (Å²) in [5, 5.41) is 13.8. The largest absolute Gasteiger partial charge is 0.494 e. The topological polar surface area (TPSA) is 111 Å². The van der Waals surface area contributed by atoms with E-state index in [9.17, 15) is 19.7 Å². The molecule has 2 amide bonds. The number of benzene rings is 2. The van der Waals surface area contributed by atoms with E-state index in [0.29, 0.717) is 23.7 Å². The lowest BCUT2D eigenvalue weighted by atomic mass is 10.1. The zero-order chi connectivity index (χ0) is 21.0. The quantitative estimate of drug-likeness (QED) is 0.566. The molecule has 2 aromatic carbocycles. The Labute approximate surface area is 167 Å². The van der Waals surface area contributed by atoms with Gasteiger partial charge in [0.25, 0.3) is 5.69 Å². The molecular weight excluding hydrogens is 378 g/mol. The number of anilines is 2. The highest BCUT2D eigenvalue weighted by Crippen LogP contribution is 2.36. The van der Waals surface area contributed by atoms with Gasteiger partial charge in [-0.05, 0) is 25.1 Å². The van der Waals surface area contributed by atoms with E-state index in [1.807, 2.05) is 13.0 Å². The summed E-state index contributed by atoms with van der Waals surface area (Å²) in [7, 11) is 1.37. The molecule has 0 saturated carbocycles. The fourth-order valence-electron chi connectivity index (χ4n) is 3.20. The van der Waals surface area contributed by atoms with Gasteiger partial charge in [-0.25, -0.2) is 0 Å². The van der Waals surface area contributed by atoms with Gasteiger partial charge < -0.3 is 19.7 Å². The highest BCUT2D eigenvalue weighted by molar-refractivity contribution is 6.04. The van der Waals surface area contributed by atoms with Crippen LogP contribution in [0.5, 0.6) is 11.5 Å². The zero-order valence-corrected chi connectivity index (χ0v) is 16.1. The molecule has 0 radical (unpaired) electrons. The number of non-ortho nitro benzene ring substituents is 1. The van der Waals surface area contributed by atoms with Gasteiger partial charge in [0.15, 0.2) is 0 Å². The smallest absolute Gasteiger partial charge is 0.273 e. The van der Waals surface area contributed by atoms with Crippen molar-refractivity contribution in [1.29, 1.82) is 0 Å². The van der Waals surface area contributed by atoms with E-state index in [-0.39, 0.29) is 36.2 Å². The number of carbonyl (C=O) groups is 2. The van der Waals surface area contributed by atoms with Gasteiger partial charge in [0.05, 0.1) is 42.0 Å². The van der Waals surface area contributed by atoms with Crippen LogP contribution in [0.15, 0.2) is 42.5 Å². The van der Waals surface area contributed by atoms with E-state index < -0.39 is 10.8 Å². The second-order valence-electron chi connectivity index (χ2n) is 6.44. The number of nitrogens with one attached hydrogen (secondary N) is 1. The highest BCUT2D eigenvalue weighted by Gasteiger charge is 2.37. The van der Waals surface area contributed by atoms with Crippen LogP contribution in [0.1, 0.15) is 13.3 Å². The van der Waals surface area contributed by atoms with Gasteiger partial charge in [-0.2, -0.15) is 0 Å². The van der Waals surface area contributed by atoms with Crippen molar-refractivity contribution in [3.8, 4) is 11.5 Å². The maximum Gasteiger partial charge on any atom is 0.273 e. The molecule has 1 aliphatic heterocycles. The minimum atomic E-state index is -0.572. The van der Waals surface area contributed by atoms with Gasteiger partial charge in [-0.3, -0.25) is 19.7 Å². The van der Waals surface area contributed by atoms with Gasteiger partial charge in [-0.15, -0.1) is 0 Å². The van der Waals surface area contributed by atoms with Gasteiger partial charge in [0.2, 0.25) is 11.8 Å². The summed E-state index contributed by atoms with van der Waals surface area (Å²) < 4.78 is 10.7. The number of nitro benzene ring substituents is 1. The van der Waals surface area contributed by atoms with E-state index >= 15 is 0 Å². The van der Waals surface area contributed by atoms with E-state index in [2.05, 4.69) is 5.32 Å². The standard InChI is InChI=1S/C20H21N3O6/c1-3-29-17-7-5-4-6-15(17)21-20(25)13-10-19(24)22(12-13)16-9-8-14(23(26)27)11-18(16)28-2/h4-9,11,13H,3,10,12H2,1-2H3,(H,21,25)/t13-/m0/s1. The number of rotatable bonds is 7. The number of nitrogens with zero attached hydrogens (tertiary/aromatic N) is 2. The first-order valence-corrected chi connectivity index (χ1v) is 9.10. The van der Waals surface area contributed by atoms with E-state index in [0.717, 1.165) is 0 Å². The summed E-state index contributed by atoms with van der Waals surface area (Å²) in [5.74, 6) is -0.363. The predicted octanol–water partition coefficient (Wildman–Crippen LogP) is 2.99. The van der Waals surface area contributed by atoms with Crippen molar-refractivity contribution in [1.82, 2.24) is 0 Å². The lowest BCUT2D eigenvalue weighted by Gasteiger charge is -2.19. The molecule has 1 saturated heterocycles. The molecule has 3 rings (SSSR count). The summed E-state index contributed by atoms with van der Waals surface area (Å²) in [6.45, 7) is 2.46. The summed E-state index contributed by atoms with van der Waals surface area (Å²) in [4.78, 5) is 37.1. The number of amides is 2. The number of nitro groups is 1. The lowest BCUT2D eigenvalue weighted by Crippen LogP contribution is -2.28. The molecule has 2 aromatic rings. The molecule has 1 heterocycles. The first-order valence-electron chi connectivity index (χ1n) is 9.10. The van der Waals surface area contributed by atoms with Crippen LogP contribution in [0, 0.1) is 16.0 Å². The minimum absolute atomic E-state index is 0.0305. The SMILES string of the molecule is CCOc1ccccc1NC(=O)[C@H]1CC(=O)N(c2ccc([N+](=O)[O-])cc2OC)C1. The van der Waals surface area contributed by atoms with Crippen molar-refractivity contribution in [3.05, 3.63) is 52.6 Å². The molecule has 152 valence electrons. The van der Waals surface area contributed by atoms with Crippen LogP contribution in [0.3, 0.4) is 0 Å². The maximum atomic E-state index is 12.7. The molecule has 9 nitrogen and oxygen atoms in total. The number of hydrogen-bond donors (Lipinski definition) is 1. The third-order valence-corrected chi connectivity index (χ3v) is 4.61. The number of carbonyl (C=O) groups excluding carboxylic acids is 2. The Morgan fingerprint density at radius 1 is 1.28 bits per heavy atom. The number of hydrogen-bond acceptors (Lipinski definition) is 6. The Kier molecular flexibility index (Phi) is 5.96. The zero-order valence-electron chi connectivity index (χ0n) is 16.1. The maximum absolute atomic E-state index is 12.7. The first-order chi connectivity index (χ1) is 13.9. The summed E-state index contributed by atoms with van der Waals surface area (Å²) >= 11 is 0.